The molecule has 0 saturated heterocycles. The topological polar surface area (TPSA) is 108 Å². The fourth-order valence-corrected chi connectivity index (χ4v) is 10.5. The fourth-order valence-electron chi connectivity index (χ4n) is 9.75. The second kappa shape index (κ2) is 52.4. The van der Waals surface area contributed by atoms with Gasteiger partial charge in [-0.05, 0) is 12.8 Å². The number of aliphatic hydroxyl groups is 1. The van der Waals surface area contributed by atoms with Crippen LogP contribution in [0.3, 0.4) is 0 Å². The number of phosphoric acid groups is 1. The van der Waals surface area contributed by atoms with Gasteiger partial charge in [0.1, 0.15) is 13.2 Å². The van der Waals surface area contributed by atoms with Crippen molar-refractivity contribution in [2.45, 2.75) is 341 Å². The van der Waals surface area contributed by atoms with Crippen LogP contribution in [0.1, 0.15) is 328 Å². The minimum Gasteiger partial charge on any atom is -0.756 e. The zero-order valence-electron chi connectivity index (χ0n) is 47.3. The molecule has 1 amide bonds. The second-order valence-corrected chi connectivity index (χ2v) is 24.2. The van der Waals surface area contributed by atoms with E-state index < -0.39 is 20.0 Å². The number of nitrogens with one attached hydrogen (secondary N) is 1. The second-order valence-electron chi connectivity index (χ2n) is 22.8. The van der Waals surface area contributed by atoms with E-state index in [9.17, 15) is 19.4 Å². The number of likely N-dealkylation sites (N-methyl/N-ethyl adjacent to an activating group) is 1. The molecule has 2 N–H and O–H groups in total. The molecule has 3 atom stereocenters. The Bertz CT molecular complexity index is 1090. The van der Waals surface area contributed by atoms with Gasteiger partial charge >= 0.3 is 0 Å². The molecule has 0 rings (SSSR count). The van der Waals surface area contributed by atoms with E-state index in [1.54, 1.807) is 0 Å². The van der Waals surface area contributed by atoms with Gasteiger partial charge in [-0.1, -0.05) is 309 Å². The van der Waals surface area contributed by atoms with Gasteiger partial charge in [0.25, 0.3) is 7.82 Å². The van der Waals surface area contributed by atoms with E-state index in [0.29, 0.717) is 23.9 Å². The lowest BCUT2D eigenvalue weighted by Gasteiger charge is -2.30. The molecule has 0 aliphatic rings. The van der Waals surface area contributed by atoms with E-state index in [0.717, 1.165) is 38.5 Å². The van der Waals surface area contributed by atoms with E-state index in [-0.39, 0.29) is 19.1 Å². The molecule has 3 unspecified atom stereocenters. The van der Waals surface area contributed by atoms with Crippen molar-refractivity contribution in [3.63, 3.8) is 0 Å². The minimum absolute atomic E-state index is 0.0165. The van der Waals surface area contributed by atoms with Gasteiger partial charge in [0.15, 0.2) is 0 Å². The Balaban J connectivity index is 3.91. The molecule has 69 heavy (non-hydrogen) atoms. The highest BCUT2D eigenvalue weighted by molar-refractivity contribution is 7.45. The molecule has 414 valence electrons. The third kappa shape index (κ3) is 55.1. The van der Waals surface area contributed by atoms with Crippen LogP contribution in [0.25, 0.3) is 0 Å². The third-order valence-corrected chi connectivity index (χ3v) is 15.6. The number of unbranched alkanes of at least 4 members (excludes halogenated alkanes) is 45. The molecule has 0 aromatic carbocycles. The monoisotopic (exact) mass is 999 g/mol. The number of carbonyl (C=O) groups excluding carboxylic acids is 1. The lowest BCUT2D eigenvalue weighted by atomic mass is 10.0. The first-order valence-corrected chi connectivity index (χ1v) is 32.3. The van der Waals surface area contributed by atoms with Gasteiger partial charge in [-0.25, -0.2) is 0 Å². The van der Waals surface area contributed by atoms with Gasteiger partial charge in [-0.2, -0.15) is 0 Å². The highest BCUT2D eigenvalue weighted by atomic mass is 31.2. The van der Waals surface area contributed by atoms with Gasteiger partial charge < -0.3 is 28.8 Å². The van der Waals surface area contributed by atoms with E-state index >= 15 is 0 Å². The molecule has 0 aromatic rings. The zero-order chi connectivity index (χ0) is 50.6. The number of phosphoric ester groups is 1. The minimum atomic E-state index is -4.57. The van der Waals surface area contributed by atoms with Gasteiger partial charge in [-0.3, -0.25) is 9.36 Å². The van der Waals surface area contributed by atoms with E-state index in [1.807, 2.05) is 21.1 Å². The smallest absolute Gasteiger partial charge is 0.268 e. The number of quaternary nitrogens is 1. The van der Waals surface area contributed by atoms with Crippen molar-refractivity contribution in [2.24, 2.45) is 0 Å². The summed E-state index contributed by atoms with van der Waals surface area (Å²) in [4.78, 5) is 25.5. The fraction of sp³-hybridized carbons (Fsp3) is 0.983. The molecule has 0 heterocycles. The summed E-state index contributed by atoms with van der Waals surface area (Å²) in [5.41, 5.74) is 0. The summed E-state index contributed by atoms with van der Waals surface area (Å²) in [7, 11) is 1.32. The molecular weight excluding hydrogens is 876 g/mol. The highest BCUT2D eigenvalue weighted by Gasteiger charge is 2.24. The number of hydrogen-bond acceptors (Lipinski definition) is 6. The van der Waals surface area contributed by atoms with E-state index in [1.165, 1.54) is 263 Å². The molecule has 0 aromatic heterocycles. The van der Waals surface area contributed by atoms with E-state index in [2.05, 4.69) is 19.2 Å². The molecule has 0 aliphatic carbocycles. The van der Waals surface area contributed by atoms with Crippen molar-refractivity contribution < 1.29 is 32.9 Å². The highest BCUT2D eigenvalue weighted by Crippen LogP contribution is 2.38. The van der Waals surface area contributed by atoms with Crippen molar-refractivity contribution in [1.82, 2.24) is 5.32 Å². The van der Waals surface area contributed by atoms with Crippen LogP contribution < -0.4 is 10.2 Å². The van der Waals surface area contributed by atoms with Gasteiger partial charge in [0, 0.05) is 6.42 Å². The first-order valence-electron chi connectivity index (χ1n) is 30.9. The number of rotatable bonds is 58. The summed E-state index contributed by atoms with van der Waals surface area (Å²) in [5.74, 6) is -0.156. The number of hydrogen-bond donors (Lipinski definition) is 2. The van der Waals surface area contributed by atoms with Crippen molar-refractivity contribution >= 4 is 13.7 Å². The van der Waals surface area contributed by atoms with Crippen molar-refractivity contribution in [2.75, 3.05) is 40.9 Å². The van der Waals surface area contributed by atoms with Crippen LogP contribution in [0.5, 0.6) is 0 Å². The Morgan fingerprint density at radius 3 is 0.986 bits per heavy atom. The average Bonchev–Trinajstić information content (AvgIpc) is 3.31. The lowest BCUT2D eigenvalue weighted by molar-refractivity contribution is -0.870. The van der Waals surface area contributed by atoms with Gasteiger partial charge in [0.05, 0.1) is 39.9 Å². The number of nitrogens with zero attached hydrogens (tertiary/aromatic N) is 1. The predicted molar refractivity (Wildman–Crippen MR) is 298 cm³/mol. The van der Waals surface area contributed by atoms with Crippen LogP contribution in [0.2, 0.25) is 0 Å². The number of amides is 1. The summed E-state index contributed by atoms with van der Waals surface area (Å²) >= 11 is 0. The maximum absolute atomic E-state index is 13.0. The van der Waals surface area contributed by atoms with Crippen molar-refractivity contribution in [3.05, 3.63) is 0 Å². The van der Waals surface area contributed by atoms with Crippen molar-refractivity contribution in [1.29, 1.82) is 0 Å². The van der Waals surface area contributed by atoms with Crippen LogP contribution in [0, 0.1) is 0 Å². The van der Waals surface area contributed by atoms with Crippen LogP contribution in [-0.2, 0) is 18.4 Å². The molecule has 9 heteroatoms. The Kier molecular flexibility index (Phi) is 52.0. The summed E-state index contributed by atoms with van der Waals surface area (Å²) < 4.78 is 23.4. The Labute approximate surface area is 431 Å². The third-order valence-electron chi connectivity index (χ3n) is 14.6. The summed E-state index contributed by atoms with van der Waals surface area (Å²) in [5, 5.41) is 14.0. The quantitative estimate of drug-likeness (QED) is 0.0357. The van der Waals surface area contributed by atoms with Gasteiger partial charge in [0.2, 0.25) is 5.91 Å². The maximum Gasteiger partial charge on any atom is 0.268 e. The molecule has 0 aliphatic heterocycles. The van der Waals surface area contributed by atoms with E-state index in [4.69, 9.17) is 9.05 Å². The van der Waals surface area contributed by atoms with Gasteiger partial charge in [-0.15, -0.1) is 0 Å². The summed E-state index contributed by atoms with van der Waals surface area (Å²) in [6.45, 7) is 4.77. The lowest BCUT2D eigenvalue weighted by Crippen LogP contribution is -2.46. The largest absolute Gasteiger partial charge is 0.756 e. The summed E-state index contributed by atoms with van der Waals surface area (Å²) in [6.07, 6.45) is 63.1. The number of carbonyl (C=O) groups is 1. The van der Waals surface area contributed by atoms with Crippen LogP contribution in [0.4, 0.5) is 0 Å². The normalized spacial score (nSPS) is 13.8. The zero-order valence-corrected chi connectivity index (χ0v) is 48.2. The Morgan fingerprint density at radius 2 is 0.710 bits per heavy atom. The average molecular weight is 1000 g/mol. The molecular formula is C60H123N2O6P. The summed E-state index contributed by atoms with van der Waals surface area (Å²) in [6, 6.07) is -0.794. The standard InChI is InChI=1S/C60H123N2O6P/c1-6-8-10-12-14-16-18-20-22-23-24-25-26-27-28-29-30-31-32-33-34-35-36-37-38-39-40-42-44-46-48-50-52-54-60(64)61-58(57-68-69(65,66)67-56-55-62(3,4)5)59(63)53-51-49-47-45-43-41-21-19-17-15-13-11-9-7-2/h58-59,63H,6-57H2,1-5H3,(H-,61,64,65,66). The molecule has 0 radical (unpaired) electrons. The Hall–Kier alpha value is -0.500. The molecule has 0 bridgehead atoms. The number of aliphatic hydroxyl groups excluding tert-OH is 1. The Morgan fingerprint density at radius 1 is 0.449 bits per heavy atom. The molecule has 8 nitrogen and oxygen atoms in total. The molecule has 0 spiro atoms. The SMILES string of the molecule is CCCCCCCCCCCCCCCCCCCCCCCCCCCCCCCCCCCC(=O)NC(COP(=O)([O-])OCC[N+](C)(C)C)C(O)CCCCCCCCCCCCCCCC. The predicted octanol–water partition coefficient (Wildman–Crippen LogP) is 18.2. The first-order chi connectivity index (χ1) is 33.5. The molecule has 0 fully saturated rings. The molecule has 0 saturated carbocycles. The first kappa shape index (κ1) is 68.5. The maximum atomic E-state index is 13.0. The van der Waals surface area contributed by atoms with Crippen molar-refractivity contribution in [3.8, 4) is 0 Å². The van der Waals surface area contributed by atoms with Crippen LogP contribution >= 0.6 is 7.82 Å². The van der Waals surface area contributed by atoms with Crippen LogP contribution in [-0.4, -0.2) is 68.5 Å². The van der Waals surface area contributed by atoms with Crippen LogP contribution in [0.15, 0.2) is 0 Å².